The van der Waals surface area contributed by atoms with E-state index >= 15 is 0 Å². The van der Waals surface area contributed by atoms with Gasteiger partial charge in [0.1, 0.15) is 11.8 Å². The maximum atomic E-state index is 12.1. The average molecular weight is 297 g/mol. The first-order valence-electron chi connectivity index (χ1n) is 6.06. The molecular weight excluding hydrogens is 278 g/mol. The molecule has 0 aliphatic heterocycles. The van der Waals surface area contributed by atoms with Crippen LogP contribution in [0.25, 0.3) is 0 Å². The normalized spacial score (nSPS) is 11.6. The third-order valence-corrected chi connectivity index (χ3v) is 3.37. The molecular formula is C13H19N3O3S. The maximum absolute atomic E-state index is 12.1. The first-order valence-corrected chi connectivity index (χ1v) is 7.46. The minimum Gasteiger partial charge on any atom is -0.497 e. The van der Waals surface area contributed by atoms with Crippen molar-refractivity contribution in [2.24, 2.45) is 5.84 Å². The number of benzene rings is 1. The van der Waals surface area contributed by atoms with Crippen LogP contribution in [0.5, 0.6) is 5.75 Å². The lowest BCUT2D eigenvalue weighted by atomic mass is 10.1. The van der Waals surface area contributed by atoms with Crippen LogP contribution in [0.4, 0.5) is 0 Å². The Hall–Kier alpha value is -1.73. The van der Waals surface area contributed by atoms with Crippen LogP contribution in [0.15, 0.2) is 24.3 Å². The number of rotatable bonds is 7. The third kappa shape index (κ3) is 4.75. The molecule has 20 heavy (non-hydrogen) atoms. The van der Waals surface area contributed by atoms with Gasteiger partial charge < -0.3 is 10.1 Å². The fraction of sp³-hybridized carbons (Fsp3) is 0.385. The van der Waals surface area contributed by atoms with E-state index < -0.39 is 11.9 Å². The lowest BCUT2D eigenvalue weighted by Gasteiger charge is -2.16. The molecule has 0 aliphatic rings. The predicted octanol–water partition coefficient (Wildman–Crippen LogP) is 0.537. The zero-order chi connectivity index (χ0) is 15.0. The Bertz CT molecular complexity index is 451. The number of ether oxygens (including phenoxy) is 1. The summed E-state index contributed by atoms with van der Waals surface area (Å²) in [5, 5.41) is 2.67. The standard InChI is InChI=1S/C13H19N3O3S/c1-19-10-5-3-9(4-6-10)12(17)15-11(7-8-20-2)13(18)16-14/h3-6,11H,7-8,14H2,1-2H3,(H,15,17)(H,16,18). The summed E-state index contributed by atoms with van der Waals surface area (Å²) in [6, 6.07) is 6.02. The van der Waals surface area contributed by atoms with Crippen LogP contribution < -0.4 is 21.3 Å². The molecule has 1 rings (SSSR count). The molecule has 4 N–H and O–H groups in total. The van der Waals surface area contributed by atoms with Crippen LogP contribution in [0.1, 0.15) is 16.8 Å². The first-order chi connectivity index (χ1) is 9.62. The van der Waals surface area contributed by atoms with Gasteiger partial charge in [0.2, 0.25) is 0 Å². The van der Waals surface area contributed by atoms with E-state index in [1.807, 2.05) is 6.26 Å². The van der Waals surface area contributed by atoms with Crippen LogP contribution >= 0.6 is 11.8 Å². The van der Waals surface area contributed by atoms with E-state index in [9.17, 15) is 9.59 Å². The minimum atomic E-state index is -0.637. The van der Waals surface area contributed by atoms with E-state index in [-0.39, 0.29) is 5.91 Å². The van der Waals surface area contributed by atoms with Gasteiger partial charge in [-0.2, -0.15) is 11.8 Å². The van der Waals surface area contributed by atoms with Crippen LogP contribution in [0.3, 0.4) is 0 Å². The van der Waals surface area contributed by atoms with Gasteiger partial charge in [0.15, 0.2) is 0 Å². The van der Waals surface area contributed by atoms with Crippen molar-refractivity contribution in [3.05, 3.63) is 29.8 Å². The SMILES string of the molecule is COc1ccc(C(=O)NC(CCSC)C(=O)NN)cc1. The zero-order valence-corrected chi connectivity index (χ0v) is 12.3. The summed E-state index contributed by atoms with van der Waals surface area (Å²) in [5.41, 5.74) is 2.53. The summed E-state index contributed by atoms with van der Waals surface area (Å²) in [5.74, 6) is 5.82. The smallest absolute Gasteiger partial charge is 0.256 e. The number of methoxy groups -OCH3 is 1. The molecule has 0 aromatic heterocycles. The topological polar surface area (TPSA) is 93.4 Å². The molecule has 0 spiro atoms. The van der Waals surface area contributed by atoms with Gasteiger partial charge in [0.05, 0.1) is 7.11 Å². The van der Waals surface area contributed by atoms with E-state index in [2.05, 4.69) is 10.7 Å². The molecule has 7 heteroatoms. The number of hydrogen-bond donors (Lipinski definition) is 3. The van der Waals surface area contributed by atoms with Crippen molar-refractivity contribution in [1.82, 2.24) is 10.7 Å². The summed E-state index contributed by atoms with van der Waals surface area (Å²) >= 11 is 1.60. The quantitative estimate of drug-likeness (QED) is 0.388. The lowest BCUT2D eigenvalue weighted by molar-refractivity contribution is -0.123. The van der Waals surface area contributed by atoms with E-state index in [0.717, 1.165) is 5.75 Å². The number of nitrogens with two attached hydrogens (primary N) is 1. The van der Waals surface area contributed by atoms with Crippen LogP contribution in [-0.4, -0.2) is 37.0 Å². The van der Waals surface area contributed by atoms with E-state index in [1.165, 1.54) is 0 Å². The molecule has 1 aromatic rings. The van der Waals surface area contributed by atoms with Crippen molar-refractivity contribution >= 4 is 23.6 Å². The summed E-state index contributed by atoms with van der Waals surface area (Å²) in [6.45, 7) is 0. The Morgan fingerprint density at radius 3 is 2.50 bits per heavy atom. The number of carbonyl (C=O) groups is 2. The molecule has 0 fully saturated rings. The molecule has 1 atom stereocenters. The summed E-state index contributed by atoms with van der Waals surface area (Å²) in [7, 11) is 1.55. The highest BCUT2D eigenvalue weighted by Crippen LogP contribution is 2.11. The largest absolute Gasteiger partial charge is 0.497 e. The maximum Gasteiger partial charge on any atom is 0.256 e. The molecule has 110 valence electrons. The molecule has 0 radical (unpaired) electrons. The Balaban J connectivity index is 2.70. The Morgan fingerprint density at radius 2 is 2.00 bits per heavy atom. The second-order valence-corrected chi connectivity index (χ2v) is 5.03. The lowest BCUT2D eigenvalue weighted by Crippen LogP contribution is -2.49. The average Bonchev–Trinajstić information content (AvgIpc) is 2.50. The van der Waals surface area contributed by atoms with Crippen molar-refractivity contribution < 1.29 is 14.3 Å². The van der Waals surface area contributed by atoms with Crippen molar-refractivity contribution in [2.45, 2.75) is 12.5 Å². The zero-order valence-electron chi connectivity index (χ0n) is 11.5. The second kappa shape index (κ2) is 8.44. The number of amides is 2. The van der Waals surface area contributed by atoms with E-state index in [0.29, 0.717) is 17.7 Å². The summed E-state index contributed by atoms with van der Waals surface area (Å²) in [6.07, 6.45) is 2.45. The van der Waals surface area contributed by atoms with Gasteiger partial charge in [-0.3, -0.25) is 15.0 Å². The fourth-order valence-corrected chi connectivity index (χ4v) is 2.06. The van der Waals surface area contributed by atoms with Crippen molar-refractivity contribution in [2.75, 3.05) is 19.1 Å². The van der Waals surface area contributed by atoms with Gasteiger partial charge in [-0.05, 0) is 42.7 Å². The van der Waals surface area contributed by atoms with Gasteiger partial charge in [-0.1, -0.05) is 0 Å². The van der Waals surface area contributed by atoms with Gasteiger partial charge >= 0.3 is 0 Å². The molecule has 0 bridgehead atoms. The highest BCUT2D eigenvalue weighted by atomic mass is 32.2. The van der Waals surface area contributed by atoms with Gasteiger partial charge in [-0.25, -0.2) is 5.84 Å². The van der Waals surface area contributed by atoms with Crippen molar-refractivity contribution in [3.8, 4) is 5.75 Å². The van der Waals surface area contributed by atoms with Gasteiger partial charge in [-0.15, -0.1) is 0 Å². The second-order valence-electron chi connectivity index (χ2n) is 4.04. The first kappa shape index (κ1) is 16.3. The molecule has 0 saturated heterocycles. The molecule has 1 aromatic carbocycles. The number of hydrazine groups is 1. The number of hydrogen-bond acceptors (Lipinski definition) is 5. The summed E-state index contributed by atoms with van der Waals surface area (Å²) < 4.78 is 5.02. The number of thioether (sulfide) groups is 1. The highest BCUT2D eigenvalue weighted by Gasteiger charge is 2.20. The number of nitrogens with one attached hydrogen (secondary N) is 2. The van der Waals surface area contributed by atoms with Crippen molar-refractivity contribution in [3.63, 3.8) is 0 Å². The van der Waals surface area contributed by atoms with Gasteiger partial charge in [0.25, 0.3) is 11.8 Å². The fourth-order valence-electron chi connectivity index (χ4n) is 1.59. The van der Waals surface area contributed by atoms with E-state index in [1.54, 1.807) is 43.1 Å². The monoisotopic (exact) mass is 297 g/mol. The van der Waals surface area contributed by atoms with Crippen LogP contribution in [0, 0.1) is 0 Å². The van der Waals surface area contributed by atoms with Crippen molar-refractivity contribution in [1.29, 1.82) is 0 Å². The van der Waals surface area contributed by atoms with Crippen LogP contribution in [-0.2, 0) is 4.79 Å². The highest BCUT2D eigenvalue weighted by molar-refractivity contribution is 7.98. The predicted molar refractivity (Wildman–Crippen MR) is 79.6 cm³/mol. The molecule has 0 aliphatic carbocycles. The number of carbonyl (C=O) groups excluding carboxylic acids is 2. The Morgan fingerprint density at radius 1 is 1.35 bits per heavy atom. The molecule has 6 nitrogen and oxygen atoms in total. The molecule has 0 heterocycles. The van der Waals surface area contributed by atoms with Gasteiger partial charge in [0, 0.05) is 5.56 Å². The Labute approximate surface area is 122 Å². The third-order valence-electron chi connectivity index (χ3n) is 2.73. The minimum absolute atomic E-state index is 0.317. The Kier molecular flexibility index (Phi) is 6.89. The molecule has 2 amide bonds. The summed E-state index contributed by atoms with van der Waals surface area (Å²) in [4.78, 5) is 23.7. The molecule has 1 unspecified atom stereocenters. The van der Waals surface area contributed by atoms with Crippen LogP contribution in [0.2, 0.25) is 0 Å². The molecule has 0 saturated carbocycles. The van der Waals surface area contributed by atoms with E-state index in [4.69, 9.17) is 10.6 Å².